The Labute approximate surface area is 88.3 Å². The summed E-state index contributed by atoms with van der Waals surface area (Å²) in [6.07, 6.45) is 4.24. The molecule has 1 atom stereocenters. The van der Waals surface area contributed by atoms with Crippen LogP contribution in [-0.2, 0) is 20.7 Å². The normalized spacial score (nSPS) is 11.8. The lowest BCUT2D eigenvalue weighted by Gasteiger charge is -2.08. The Morgan fingerprint density at radius 3 is 3.00 bits per heavy atom. The summed E-state index contributed by atoms with van der Waals surface area (Å²) in [5.41, 5.74) is 0.850. The van der Waals surface area contributed by atoms with Gasteiger partial charge in [-0.2, -0.15) is 0 Å². The molecule has 0 amide bonds. The van der Waals surface area contributed by atoms with E-state index in [0.717, 1.165) is 5.56 Å². The molecule has 0 bridgehead atoms. The number of carbonyl (C=O) groups excluding carboxylic acids is 2. The number of hydrogen-bond donors (Lipinski definition) is 0. The van der Waals surface area contributed by atoms with E-state index in [-0.39, 0.29) is 6.61 Å². The van der Waals surface area contributed by atoms with Gasteiger partial charge in [-0.25, -0.2) is 0 Å². The van der Waals surface area contributed by atoms with E-state index in [1.807, 2.05) is 6.07 Å². The van der Waals surface area contributed by atoms with Crippen molar-refractivity contribution in [2.24, 2.45) is 5.92 Å². The molecule has 0 fully saturated rings. The van der Waals surface area contributed by atoms with Gasteiger partial charge in [-0.1, -0.05) is 6.07 Å². The maximum Gasteiger partial charge on any atom is 0.316 e. The molecule has 0 spiro atoms. The lowest BCUT2D eigenvalue weighted by atomic mass is 10.0. The fraction of sp³-hybridized carbons (Fsp3) is 0.364. The van der Waals surface area contributed by atoms with Gasteiger partial charge in [0, 0.05) is 12.4 Å². The number of esters is 1. The molecule has 0 saturated carbocycles. The average Bonchev–Trinajstić information content (AvgIpc) is 2.27. The van der Waals surface area contributed by atoms with E-state index in [1.54, 1.807) is 25.4 Å². The number of aromatic nitrogens is 1. The Morgan fingerprint density at radius 1 is 1.67 bits per heavy atom. The molecule has 15 heavy (non-hydrogen) atoms. The molecule has 0 N–H and O–H groups in total. The zero-order valence-corrected chi connectivity index (χ0v) is 8.55. The minimum Gasteiger partial charge on any atom is -0.465 e. The summed E-state index contributed by atoms with van der Waals surface area (Å²) in [5, 5.41) is 0. The third kappa shape index (κ3) is 3.50. The number of nitrogens with zero attached hydrogens (tertiary/aromatic N) is 1. The number of ether oxygens (including phenoxy) is 1. The molecule has 80 valence electrons. The minimum atomic E-state index is -0.728. The lowest BCUT2D eigenvalue weighted by molar-refractivity contribution is -0.149. The molecule has 0 aliphatic carbocycles. The highest BCUT2D eigenvalue weighted by atomic mass is 16.5. The van der Waals surface area contributed by atoms with Gasteiger partial charge >= 0.3 is 5.97 Å². The Bertz CT molecular complexity index is 324. The molecular formula is C11H13NO3. The second kappa shape index (κ2) is 5.90. The molecule has 0 aromatic carbocycles. The summed E-state index contributed by atoms with van der Waals surface area (Å²) < 4.78 is 4.78. The van der Waals surface area contributed by atoms with Gasteiger partial charge in [0.05, 0.1) is 6.61 Å². The number of pyridine rings is 1. The summed E-state index contributed by atoms with van der Waals surface area (Å²) in [6, 6.07) is 3.59. The van der Waals surface area contributed by atoms with E-state index in [1.165, 1.54) is 0 Å². The van der Waals surface area contributed by atoms with Crippen molar-refractivity contribution in [3.05, 3.63) is 30.1 Å². The molecule has 1 rings (SSSR count). The molecule has 0 aliphatic heterocycles. The first kappa shape index (κ1) is 11.4. The van der Waals surface area contributed by atoms with Crippen LogP contribution in [0.4, 0.5) is 0 Å². The molecule has 0 aliphatic rings. The molecular weight excluding hydrogens is 194 g/mol. The van der Waals surface area contributed by atoms with Crippen molar-refractivity contribution in [2.75, 3.05) is 6.61 Å². The molecule has 4 heteroatoms. The highest BCUT2D eigenvalue weighted by molar-refractivity contribution is 5.88. The monoisotopic (exact) mass is 207 g/mol. The minimum absolute atomic E-state index is 0.288. The number of hydrogen-bond acceptors (Lipinski definition) is 4. The fourth-order valence-corrected chi connectivity index (χ4v) is 1.21. The molecule has 4 nitrogen and oxygen atoms in total. The molecule has 1 aromatic heterocycles. The number of aldehydes is 1. The Balaban J connectivity index is 2.62. The van der Waals surface area contributed by atoms with E-state index in [0.29, 0.717) is 12.7 Å². The summed E-state index contributed by atoms with van der Waals surface area (Å²) in [6.45, 7) is 2.00. The van der Waals surface area contributed by atoms with Crippen molar-refractivity contribution in [3.8, 4) is 0 Å². The van der Waals surface area contributed by atoms with Crippen LogP contribution in [0.1, 0.15) is 12.5 Å². The second-order valence-electron chi connectivity index (χ2n) is 3.06. The maximum atomic E-state index is 11.3. The van der Waals surface area contributed by atoms with Crippen LogP contribution in [0.2, 0.25) is 0 Å². The Morgan fingerprint density at radius 2 is 2.47 bits per heavy atom. The molecule has 1 heterocycles. The van der Waals surface area contributed by atoms with Crippen molar-refractivity contribution >= 4 is 12.3 Å². The first-order valence-corrected chi connectivity index (χ1v) is 4.78. The van der Waals surface area contributed by atoms with Crippen molar-refractivity contribution in [2.45, 2.75) is 13.3 Å². The van der Waals surface area contributed by atoms with Gasteiger partial charge in [0.2, 0.25) is 0 Å². The van der Waals surface area contributed by atoms with E-state index >= 15 is 0 Å². The van der Waals surface area contributed by atoms with E-state index in [4.69, 9.17) is 4.74 Å². The topological polar surface area (TPSA) is 56.3 Å². The van der Waals surface area contributed by atoms with Crippen LogP contribution in [0, 0.1) is 5.92 Å². The maximum absolute atomic E-state index is 11.3. The highest BCUT2D eigenvalue weighted by Gasteiger charge is 2.19. The standard InChI is InChI=1S/C11H13NO3/c1-2-15-11(14)10(8-13)6-9-4-3-5-12-7-9/h3-5,7-8,10H,2,6H2,1H3. The van der Waals surface area contributed by atoms with Crippen LogP contribution in [0.5, 0.6) is 0 Å². The number of carbonyl (C=O) groups is 2. The first-order chi connectivity index (χ1) is 7.27. The average molecular weight is 207 g/mol. The quantitative estimate of drug-likeness (QED) is 0.410. The van der Waals surface area contributed by atoms with Gasteiger partial charge in [0.25, 0.3) is 0 Å². The fourth-order valence-electron chi connectivity index (χ4n) is 1.21. The summed E-state index contributed by atoms with van der Waals surface area (Å²) in [7, 11) is 0. The van der Waals surface area contributed by atoms with Crippen molar-refractivity contribution < 1.29 is 14.3 Å². The lowest BCUT2D eigenvalue weighted by Crippen LogP contribution is -2.21. The number of rotatable bonds is 5. The van der Waals surface area contributed by atoms with Crippen molar-refractivity contribution in [1.29, 1.82) is 0 Å². The first-order valence-electron chi connectivity index (χ1n) is 4.78. The molecule has 1 aromatic rings. The van der Waals surface area contributed by atoms with E-state index in [9.17, 15) is 9.59 Å². The van der Waals surface area contributed by atoms with Crippen LogP contribution in [-0.4, -0.2) is 23.8 Å². The summed E-state index contributed by atoms with van der Waals surface area (Å²) in [5.74, 6) is -1.20. The summed E-state index contributed by atoms with van der Waals surface area (Å²) in [4.78, 5) is 25.9. The van der Waals surface area contributed by atoms with Gasteiger partial charge in [-0.3, -0.25) is 9.78 Å². The van der Waals surface area contributed by atoms with Gasteiger partial charge in [-0.15, -0.1) is 0 Å². The van der Waals surface area contributed by atoms with Gasteiger partial charge in [0.15, 0.2) is 0 Å². The van der Waals surface area contributed by atoms with E-state index in [2.05, 4.69) is 4.98 Å². The second-order valence-corrected chi connectivity index (χ2v) is 3.06. The Hall–Kier alpha value is -1.71. The van der Waals surface area contributed by atoms with Crippen LogP contribution < -0.4 is 0 Å². The third-order valence-corrected chi connectivity index (χ3v) is 1.93. The Kier molecular flexibility index (Phi) is 4.47. The molecule has 1 unspecified atom stereocenters. The highest BCUT2D eigenvalue weighted by Crippen LogP contribution is 2.07. The predicted octanol–water partition coefficient (Wildman–Crippen LogP) is 1.00. The third-order valence-electron chi connectivity index (χ3n) is 1.93. The van der Waals surface area contributed by atoms with E-state index < -0.39 is 11.9 Å². The zero-order valence-electron chi connectivity index (χ0n) is 8.55. The van der Waals surface area contributed by atoms with Crippen LogP contribution >= 0.6 is 0 Å². The smallest absolute Gasteiger partial charge is 0.316 e. The van der Waals surface area contributed by atoms with Crippen LogP contribution in [0.25, 0.3) is 0 Å². The zero-order chi connectivity index (χ0) is 11.1. The summed E-state index contributed by atoms with van der Waals surface area (Å²) >= 11 is 0. The van der Waals surface area contributed by atoms with Gasteiger partial charge in [0.1, 0.15) is 12.2 Å². The SMILES string of the molecule is CCOC(=O)C(C=O)Cc1cccnc1. The predicted molar refractivity (Wildman–Crippen MR) is 54.1 cm³/mol. The van der Waals surface area contributed by atoms with Gasteiger partial charge < -0.3 is 9.53 Å². The van der Waals surface area contributed by atoms with Gasteiger partial charge in [-0.05, 0) is 25.0 Å². The van der Waals surface area contributed by atoms with Crippen LogP contribution in [0.3, 0.4) is 0 Å². The van der Waals surface area contributed by atoms with Crippen molar-refractivity contribution in [3.63, 3.8) is 0 Å². The largest absolute Gasteiger partial charge is 0.465 e. The van der Waals surface area contributed by atoms with Crippen LogP contribution in [0.15, 0.2) is 24.5 Å². The molecule has 0 radical (unpaired) electrons. The van der Waals surface area contributed by atoms with Crippen molar-refractivity contribution in [1.82, 2.24) is 4.98 Å². The molecule has 0 saturated heterocycles.